The smallest absolute Gasteiger partial charge is 0.312 e. The highest BCUT2D eigenvalue weighted by Gasteiger charge is 2.44. The van der Waals surface area contributed by atoms with Gasteiger partial charge in [0.05, 0.1) is 44.6 Å². The standard InChI is InChI=1S/C29H56O6P2/c1-2-3-4-5-6-7-8-9-10-11-12-13-14-15-16-20-23-30-36-31-24-29(25-32-36)26-33-37(34-27-29)35-28-21-18-17-19-22-28/h28H,2-27H2,1H3. The predicted molar refractivity (Wildman–Crippen MR) is 154 cm³/mol. The van der Waals surface area contributed by atoms with Gasteiger partial charge < -0.3 is 27.1 Å². The molecule has 0 bridgehead atoms. The minimum absolute atomic E-state index is 0.217. The van der Waals surface area contributed by atoms with Crippen LogP contribution < -0.4 is 0 Å². The summed E-state index contributed by atoms with van der Waals surface area (Å²) in [5, 5.41) is 0. The lowest BCUT2D eigenvalue weighted by molar-refractivity contribution is -0.0800. The van der Waals surface area contributed by atoms with Crippen molar-refractivity contribution >= 4 is 17.2 Å². The van der Waals surface area contributed by atoms with E-state index in [0.29, 0.717) is 32.5 Å². The lowest BCUT2D eigenvalue weighted by atomic mass is 9.93. The highest BCUT2D eigenvalue weighted by molar-refractivity contribution is 7.42. The first-order valence-electron chi connectivity index (χ1n) is 15.7. The van der Waals surface area contributed by atoms with Crippen LogP contribution in [0.5, 0.6) is 0 Å². The second kappa shape index (κ2) is 20.5. The molecule has 0 radical (unpaired) electrons. The second-order valence-corrected chi connectivity index (χ2v) is 13.9. The van der Waals surface area contributed by atoms with Gasteiger partial charge in [-0.05, 0) is 19.3 Å². The van der Waals surface area contributed by atoms with Crippen LogP contribution in [0.4, 0.5) is 0 Å². The van der Waals surface area contributed by atoms with E-state index < -0.39 is 17.2 Å². The SMILES string of the molecule is CCCCCCCCCCCCCCCCCCOP1OCC2(CO1)COP(OC1CCCCC1)OC2. The molecule has 3 rings (SSSR count). The molecular formula is C29H56O6P2. The number of hydrogen-bond acceptors (Lipinski definition) is 6. The summed E-state index contributed by atoms with van der Waals surface area (Å²) in [5.74, 6) is 0. The summed E-state index contributed by atoms with van der Waals surface area (Å²) in [6.07, 6.45) is 28.5. The van der Waals surface area contributed by atoms with E-state index in [1.807, 2.05) is 0 Å². The van der Waals surface area contributed by atoms with Crippen molar-refractivity contribution in [3.63, 3.8) is 0 Å². The van der Waals surface area contributed by atoms with E-state index in [4.69, 9.17) is 27.1 Å². The lowest BCUT2D eigenvalue weighted by Gasteiger charge is -2.42. The Morgan fingerprint density at radius 3 is 1.49 bits per heavy atom. The molecule has 0 unspecified atom stereocenters. The van der Waals surface area contributed by atoms with Crippen LogP contribution in [0.15, 0.2) is 0 Å². The molecule has 8 heteroatoms. The van der Waals surface area contributed by atoms with Crippen LogP contribution >= 0.6 is 17.2 Å². The van der Waals surface area contributed by atoms with Crippen molar-refractivity contribution in [3.05, 3.63) is 0 Å². The van der Waals surface area contributed by atoms with Crippen LogP contribution in [-0.2, 0) is 27.1 Å². The van der Waals surface area contributed by atoms with Gasteiger partial charge in [0.15, 0.2) is 0 Å². The summed E-state index contributed by atoms with van der Waals surface area (Å²) in [4.78, 5) is 0. The maximum Gasteiger partial charge on any atom is 0.332 e. The topological polar surface area (TPSA) is 55.4 Å². The zero-order chi connectivity index (χ0) is 25.9. The van der Waals surface area contributed by atoms with Crippen molar-refractivity contribution in [2.45, 2.75) is 148 Å². The normalized spacial score (nSPS) is 27.2. The van der Waals surface area contributed by atoms with Gasteiger partial charge in [0.2, 0.25) is 0 Å². The molecule has 2 saturated heterocycles. The van der Waals surface area contributed by atoms with Gasteiger partial charge in [0.1, 0.15) is 0 Å². The quantitative estimate of drug-likeness (QED) is 0.109. The van der Waals surface area contributed by atoms with Gasteiger partial charge in [0.25, 0.3) is 0 Å². The van der Waals surface area contributed by atoms with E-state index in [2.05, 4.69) is 6.92 Å². The largest absolute Gasteiger partial charge is 0.332 e. The summed E-state index contributed by atoms with van der Waals surface area (Å²) in [6.45, 7) is 5.32. The van der Waals surface area contributed by atoms with E-state index in [9.17, 15) is 0 Å². The first-order valence-corrected chi connectivity index (χ1v) is 17.9. The Kier molecular flexibility index (Phi) is 17.8. The van der Waals surface area contributed by atoms with Gasteiger partial charge in [0, 0.05) is 0 Å². The molecule has 2 aliphatic heterocycles. The van der Waals surface area contributed by atoms with Gasteiger partial charge in [-0.15, -0.1) is 0 Å². The molecule has 0 aromatic carbocycles. The summed E-state index contributed by atoms with van der Waals surface area (Å²) >= 11 is 0. The van der Waals surface area contributed by atoms with Crippen LogP contribution in [0.1, 0.15) is 142 Å². The lowest BCUT2D eigenvalue weighted by Crippen LogP contribution is -2.45. The highest BCUT2D eigenvalue weighted by Crippen LogP contribution is 2.54. The molecule has 218 valence electrons. The van der Waals surface area contributed by atoms with Gasteiger partial charge in [-0.2, -0.15) is 0 Å². The Balaban J connectivity index is 1.06. The third-order valence-corrected chi connectivity index (χ3v) is 10.1. The molecule has 3 aliphatic rings. The fourth-order valence-corrected chi connectivity index (χ4v) is 7.97. The average molecular weight is 563 g/mol. The van der Waals surface area contributed by atoms with Gasteiger partial charge >= 0.3 is 17.2 Å². The minimum atomic E-state index is -1.23. The van der Waals surface area contributed by atoms with E-state index in [1.54, 1.807) is 0 Å². The maximum absolute atomic E-state index is 6.05. The molecular weight excluding hydrogens is 506 g/mol. The number of rotatable bonds is 20. The molecule has 2 heterocycles. The molecule has 0 N–H and O–H groups in total. The Bertz CT molecular complexity index is 530. The Hall–Kier alpha value is 0.620. The summed E-state index contributed by atoms with van der Waals surface area (Å²) < 4.78 is 35.6. The highest BCUT2D eigenvalue weighted by atomic mass is 31.2. The maximum atomic E-state index is 6.05. The predicted octanol–water partition coefficient (Wildman–Crippen LogP) is 10.1. The summed E-state index contributed by atoms with van der Waals surface area (Å²) in [5.41, 5.74) is -0.217. The fourth-order valence-electron chi connectivity index (χ4n) is 5.30. The molecule has 0 aromatic rings. The first kappa shape index (κ1) is 32.1. The first-order chi connectivity index (χ1) is 18.3. The molecule has 1 aliphatic carbocycles. The van der Waals surface area contributed by atoms with Gasteiger partial charge in [-0.25, -0.2) is 0 Å². The zero-order valence-corrected chi connectivity index (χ0v) is 25.6. The van der Waals surface area contributed by atoms with Crippen molar-refractivity contribution in [3.8, 4) is 0 Å². The van der Waals surface area contributed by atoms with Gasteiger partial charge in [-0.1, -0.05) is 122 Å². The third-order valence-electron chi connectivity index (χ3n) is 7.89. The van der Waals surface area contributed by atoms with Crippen molar-refractivity contribution in [2.75, 3.05) is 33.0 Å². The van der Waals surface area contributed by atoms with Crippen molar-refractivity contribution in [1.29, 1.82) is 0 Å². The molecule has 37 heavy (non-hydrogen) atoms. The summed E-state index contributed by atoms with van der Waals surface area (Å²) in [6, 6.07) is 0. The van der Waals surface area contributed by atoms with Gasteiger partial charge in [-0.3, -0.25) is 0 Å². The monoisotopic (exact) mass is 562 g/mol. The molecule has 0 atom stereocenters. The zero-order valence-electron chi connectivity index (χ0n) is 23.8. The molecule has 1 saturated carbocycles. The third kappa shape index (κ3) is 14.2. The molecule has 0 amide bonds. The minimum Gasteiger partial charge on any atom is -0.312 e. The molecule has 1 spiro atoms. The summed E-state index contributed by atoms with van der Waals surface area (Å²) in [7, 11) is -2.45. The number of unbranched alkanes of at least 4 members (excludes halogenated alkanes) is 15. The molecule has 6 nitrogen and oxygen atoms in total. The van der Waals surface area contributed by atoms with Crippen molar-refractivity contribution in [2.24, 2.45) is 5.41 Å². The van der Waals surface area contributed by atoms with Crippen molar-refractivity contribution in [1.82, 2.24) is 0 Å². The van der Waals surface area contributed by atoms with E-state index >= 15 is 0 Å². The van der Waals surface area contributed by atoms with E-state index in [-0.39, 0.29) is 5.41 Å². The van der Waals surface area contributed by atoms with E-state index in [0.717, 1.165) is 25.9 Å². The Morgan fingerprint density at radius 2 is 1.00 bits per heavy atom. The van der Waals surface area contributed by atoms with E-state index in [1.165, 1.54) is 116 Å². The van der Waals surface area contributed by atoms with Crippen LogP contribution in [0.25, 0.3) is 0 Å². The van der Waals surface area contributed by atoms with Crippen molar-refractivity contribution < 1.29 is 27.1 Å². The Labute approximate surface area is 230 Å². The molecule has 0 aromatic heterocycles. The Morgan fingerprint density at radius 1 is 0.568 bits per heavy atom. The second-order valence-electron chi connectivity index (χ2n) is 11.5. The number of hydrogen-bond donors (Lipinski definition) is 0. The fraction of sp³-hybridized carbons (Fsp3) is 1.00. The van der Waals surface area contributed by atoms with Crippen LogP contribution in [0.3, 0.4) is 0 Å². The van der Waals surface area contributed by atoms with Crippen LogP contribution in [0, 0.1) is 5.41 Å². The average Bonchev–Trinajstić information content (AvgIpc) is 2.93. The van der Waals surface area contributed by atoms with Crippen LogP contribution in [0.2, 0.25) is 0 Å². The molecule has 3 fully saturated rings. The van der Waals surface area contributed by atoms with Crippen LogP contribution in [-0.4, -0.2) is 39.1 Å².